The Morgan fingerprint density at radius 1 is 0.346 bits per heavy atom. The van der Waals surface area contributed by atoms with Gasteiger partial charge in [-0.25, -0.2) is 0 Å². The molecule has 0 spiro atoms. The van der Waals surface area contributed by atoms with E-state index >= 15 is 0 Å². The van der Waals surface area contributed by atoms with Crippen molar-refractivity contribution in [1.82, 2.24) is 0 Å². The van der Waals surface area contributed by atoms with E-state index in [0.29, 0.717) is 0 Å². The van der Waals surface area contributed by atoms with E-state index in [1.807, 2.05) is 0 Å². The van der Waals surface area contributed by atoms with Gasteiger partial charge in [-0.3, -0.25) is 0 Å². The van der Waals surface area contributed by atoms with Crippen molar-refractivity contribution in [2.75, 3.05) is 36.0 Å². The highest BCUT2D eigenvalue weighted by Gasteiger charge is 2.47. The van der Waals surface area contributed by atoms with Crippen molar-refractivity contribution >= 4 is 77.3 Å². The molecule has 4 heteroatoms. The molecule has 4 aliphatic rings. The summed E-state index contributed by atoms with van der Waals surface area (Å²) in [4.78, 5) is 4.94. The largest absolute Gasteiger partial charge is 0.344 e. The number of benzene rings is 8. The normalized spacial score (nSPS) is 18.5. The SMILES string of the molecule is C.CCN1/C(=C/C=C/C=C/C2=[N+](CC)c3ccc4ccccc4c3C2(C)C)C(C)(C)c2c1ccc1ccccc21.CCN1/C(=C/C=C/C=C/C=C/C2=[N+](CC)c3ccc4ccccc4c3C2(C)C)C(C)(C)c2c1ccc1ccccc21. The van der Waals surface area contributed by atoms with Crippen molar-refractivity contribution in [3.05, 3.63) is 252 Å². The summed E-state index contributed by atoms with van der Waals surface area (Å²) in [6.45, 7) is 31.7. The third kappa shape index (κ3) is 9.35. The van der Waals surface area contributed by atoms with Crippen LogP contribution in [0.2, 0.25) is 0 Å². The first kappa shape index (κ1) is 56.2. The van der Waals surface area contributed by atoms with Gasteiger partial charge in [0.1, 0.15) is 13.1 Å². The average molecular weight is 1070 g/mol. The van der Waals surface area contributed by atoms with Crippen molar-refractivity contribution in [3.63, 3.8) is 0 Å². The molecule has 410 valence electrons. The molecule has 0 N–H and O–H groups in total. The first-order valence-electron chi connectivity index (χ1n) is 29.3. The average Bonchev–Trinajstić information content (AvgIpc) is 3.96. The molecular weight excluding hydrogens is 981 g/mol. The maximum Gasteiger partial charge on any atom is 0.210 e. The van der Waals surface area contributed by atoms with E-state index in [4.69, 9.17) is 0 Å². The summed E-state index contributed by atoms with van der Waals surface area (Å²) in [6, 6.07) is 53.3. The van der Waals surface area contributed by atoms with Gasteiger partial charge in [0.25, 0.3) is 0 Å². The van der Waals surface area contributed by atoms with E-state index in [-0.39, 0.29) is 29.1 Å². The van der Waals surface area contributed by atoms with Crippen molar-refractivity contribution in [2.45, 2.75) is 112 Å². The van der Waals surface area contributed by atoms with Crippen LogP contribution in [0.4, 0.5) is 22.7 Å². The Bertz CT molecular complexity index is 4060. The molecule has 4 aliphatic heterocycles. The zero-order valence-electron chi connectivity index (χ0n) is 49.4. The van der Waals surface area contributed by atoms with E-state index in [1.54, 1.807) is 0 Å². The summed E-state index contributed by atoms with van der Waals surface area (Å²) in [5.74, 6) is 0. The quantitative estimate of drug-likeness (QED) is 0.0945. The standard InChI is InChI=1S/C39H41N2.C37H39N2.CH4/c1-7-40-32-26-24-28-18-14-16-20-30(28)36(32)38(3,4)34(40)22-12-10-9-11-13-23-35-39(5,6)37-31-21-17-15-19-29(31)25-27-33(37)41(35)8-2;1-7-38-30-24-22-26-16-12-14-18-28(26)34(30)36(3,4)32(38)20-10-9-11-21-33-37(5,6)35-29-19-15-13-17-27(29)23-25-31(35)39(33)8-2;/h9-27H,7-8H2,1-6H3;9-25H,7-8H2,1-6H3;1H4/q2*+1;. The maximum atomic E-state index is 2.48. The van der Waals surface area contributed by atoms with Gasteiger partial charge in [0.15, 0.2) is 11.4 Å². The Morgan fingerprint density at radius 2 is 0.654 bits per heavy atom. The van der Waals surface area contributed by atoms with Gasteiger partial charge in [-0.05, 0) is 146 Å². The van der Waals surface area contributed by atoms with E-state index in [1.165, 1.54) is 111 Å². The third-order valence-electron chi connectivity index (χ3n) is 18.0. The monoisotopic (exact) mass is 1060 g/mol. The molecule has 12 rings (SSSR count). The summed E-state index contributed by atoms with van der Waals surface area (Å²) in [5, 5.41) is 10.7. The van der Waals surface area contributed by atoms with Crippen molar-refractivity contribution in [1.29, 1.82) is 0 Å². The third-order valence-corrected chi connectivity index (χ3v) is 18.0. The lowest BCUT2D eigenvalue weighted by molar-refractivity contribution is -0.433. The second-order valence-electron chi connectivity index (χ2n) is 23.9. The van der Waals surface area contributed by atoms with Crippen LogP contribution in [-0.4, -0.2) is 46.8 Å². The van der Waals surface area contributed by atoms with Gasteiger partial charge in [0.2, 0.25) is 11.4 Å². The second-order valence-corrected chi connectivity index (χ2v) is 23.9. The Hall–Kier alpha value is -8.08. The highest BCUT2D eigenvalue weighted by Crippen LogP contribution is 2.52. The van der Waals surface area contributed by atoms with Crippen molar-refractivity contribution in [2.24, 2.45) is 0 Å². The summed E-state index contributed by atoms with van der Waals surface area (Å²) in [7, 11) is 0. The molecule has 4 heterocycles. The summed E-state index contributed by atoms with van der Waals surface area (Å²) in [6.07, 6.45) is 26.6. The number of hydrogen-bond acceptors (Lipinski definition) is 2. The molecule has 8 aromatic rings. The fourth-order valence-corrected chi connectivity index (χ4v) is 14.3. The predicted molar refractivity (Wildman–Crippen MR) is 353 cm³/mol. The fraction of sp³-hybridized carbons (Fsp3) is 0.273. The molecule has 0 radical (unpaired) electrons. The van der Waals surface area contributed by atoms with Crippen LogP contribution in [0.1, 0.15) is 113 Å². The lowest BCUT2D eigenvalue weighted by atomic mass is 9.79. The molecule has 0 unspecified atom stereocenters. The molecule has 8 aromatic carbocycles. The van der Waals surface area contributed by atoms with E-state index in [0.717, 1.165) is 26.2 Å². The van der Waals surface area contributed by atoms with Gasteiger partial charge in [-0.1, -0.05) is 193 Å². The Morgan fingerprint density at radius 3 is 1.01 bits per heavy atom. The molecule has 0 amide bonds. The van der Waals surface area contributed by atoms with Crippen LogP contribution >= 0.6 is 0 Å². The predicted octanol–water partition coefficient (Wildman–Crippen LogP) is 19.6. The lowest BCUT2D eigenvalue weighted by Gasteiger charge is -2.26. The Kier molecular flexibility index (Phi) is 15.3. The van der Waals surface area contributed by atoms with Gasteiger partial charge < -0.3 is 9.80 Å². The molecule has 0 saturated heterocycles. The van der Waals surface area contributed by atoms with Crippen LogP contribution in [0.25, 0.3) is 43.1 Å². The molecule has 81 heavy (non-hydrogen) atoms. The molecule has 0 atom stereocenters. The zero-order chi connectivity index (χ0) is 56.1. The van der Waals surface area contributed by atoms with Gasteiger partial charge in [0.05, 0.1) is 10.8 Å². The molecule has 0 fully saturated rings. The molecule has 0 bridgehead atoms. The fourth-order valence-electron chi connectivity index (χ4n) is 14.3. The first-order chi connectivity index (χ1) is 38.6. The number of hydrogen-bond donors (Lipinski definition) is 0. The topological polar surface area (TPSA) is 12.5 Å². The minimum Gasteiger partial charge on any atom is -0.344 e. The summed E-state index contributed by atoms with van der Waals surface area (Å²) >= 11 is 0. The van der Waals surface area contributed by atoms with Crippen LogP contribution in [0.5, 0.6) is 0 Å². The minimum atomic E-state index is -0.0653. The molecule has 0 saturated carbocycles. The maximum absolute atomic E-state index is 2.48. The van der Waals surface area contributed by atoms with E-state index in [2.05, 4.69) is 321 Å². The highest BCUT2D eigenvalue weighted by atomic mass is 15.2. The van der Waals surface area contributed by atoms with Crippen LogP contribution < -0.4 is 9.80 Å². The summed E-state index contributed by atoms with van der Waals surface area (Å²) < 4.78 is 4.94. The van der Waals surface area contributed by atoms with Crippen LogP contribution in [-0.2, 0) is 21.7 Å². The number of rotatable bonds is 11. The zero-order valence-corrected chi connectivity index (χ0v) is 49.4. The Labute approximate surface area is 484 Å². The summed E-state index contributed by atoms with van der Waals surface area (Å²) in [5.41, 5.74) is 16.2. The number of likely N-dealkylation sites (N-methyl/N-ethyl adjacent to an activating group) is 2. The van der Waals surface area contributed by atoms with Gasteiger partial charge >= 0.3 is 0 Å². The first-order valence-corrected chi connectivity index (χ1v) is 29.3. The number of fused-ring (bicyclic) bond motifs is 12. The van der Waals surface area contributed by atoms with E-state index in [9.17, 15) is 0 Å². The van der Waals surface area contributed by atoms with E-state index < -0.39 is 0 Å². The second kappa shape index (κ2) is 22.1. The Balaban J connectivity index is 0.000000180. The molecule has 0 aromatic heterocycles. The minimum absolute atomic E-state index is 0. The van der Waals surface area contributed by atoms with Crippen molar-refractivity contribution < 1.29 is 9.15 Å². The lowest BCUT2D eigenvalue weighted by Crippen LogP contribution is -2.27. The molecular formula is C77H84N4+2. The van der Waals surface area contributed by atoms with Crippen LogP contribution in [0, 0.1) is 0 Å². The highest BCUT2D eigenvalue weighted by molar-refractivity contribution is 6.09. The van der Waals surface area contributed by atoms with Crippen molar-refractivity contribution in [3.8, 4) is 0 Å². The van der Waals surface area contributed by atoms with Gasteiger partial charge in [-0.15, -0.1) is 0 Å². The number of anilines is 2. The van der Waals surface area contributed by atoms with Crippen LogP contribution in [0.3, 0.4) is 0 Å². The van der Waals surface area contributed by atoms with Gasteiger partial charge in [-0.2, -0.15) is 9.15 Å². The molecule has 4 nitrogen and oxygen atoms in total. The van der Waals surface area contributed by atoms with Gasteiger partial charge in [0, 0.05) is 82.1 Å². The smallest absolute Gasteiger partial charge is 0.210 e. The number of allylic oxidation sites excluding steroid dienone is 14. The van der Waals surface area contributed by atoms with Crippen LogP contribution in [0.15, 0.2) is 230 Å². The molecule has 0 aliphatic carbocycles. The number of nitrogens with zero attached hydrogens (tertiary/aromatic N) is 4.